The van der Waals surface area contributed by atoms with E-state index < -0.39 is 0 Å². The van der Waals surface area contributed by atoms with Gasteiger partial charge in [-0.3, -0.25) is 0 Å². The fraction of sp³-hybridized carbons (Fsp3) is 0.333. The Morgan fingerprint density at radius 3 is 2.50 bits per heavy atom. The zero-order valence-electron chi connectivity index (χ0n) is 6.96. The molecular formula is C9H12ClNO. The first-order chi connectivity index (χ1) is 5.72. The van der Waals surface area contributed by atoms with Gasteiger partial charge in [-0.25, -0.2) is 0 Å². The van der Waals surface area contributed by atoms with E-state index in [9.17, 15) is 0 Å². The van der Waals surface area contributed by atoms with Gasteiger partial charge >= 0.3 is 0 Å². The lowest BCUT2D eigenvalue weighted by Crippen LogP contribution is -2.06. The van der Waals surface area contributed by atoms with Crippen LogP contribution in [-0.2, 0) is 0 Å². The van der Waals surface area contributed by atoms with E-state index in [2.05, 4.69) is 0 Å². The van der Waals surface area contributed by atoms with Gasteiger partial charge in [-0.05, 0) is 30.7 Å². The molecule has 0 saturated carbocycles. The lowest BCUT2D eigenvalue weighted by Gasteiger charge is -2.09. The van der Waals surface area contributed by atoms with Gasteiger partial charge in [0.2, 0.25) is 0 Å². The molecule has 0 aliphatic rings. The zero-order valence-corrected chi connectivity index (χ0v) is 7.71. The number of alkyl halides is 1. The van der Waals surface area contributed by atoms with E-state index in [4.69, 9.17) is 22.1 Å². The number of halogens is 1. The van der Waals surface area contributed by atoms with E-state index >= 15 is 0 Å². The summed E-state index contributed by atoms with van der Waals surface area (Å²) in [6.07, 6.45) is 0.784. The fourth-order valence-corrected chi connectivity index (χ4v) is 0.880. The van der Waals surface area contributed by atoms with Crippen LogP contribution in [0.5, 0.6) is 5.75 Å². The molecule has 1 aromatic rings. The molecule has 0 bridgehead atoms. The molecule has 0 spiro atoms. The molecule has 0 radical (unpaired) electrons. The monoisotopic (exact) mass is 185 g/mol. The van der Waals surface area contributed by atoms with Gasteiger partial charge in [-0.15, -0.1) is 0 Å². The number of hydrogen-bond donors (Lipinski definition) is 1. The normalized spacial score (nSPS) is 12.5. The maximum absolute atomic E-state index is 5.79. The molecule has 2 nitrogen and oxygen atoms in total. The summed E-state index contributed by atoms with van der Waals surface area (Å²) in [6.45, 7) is 1.97. The molecule has 0 heterocycles. The minimum Gasteiger partial charge on any atom is -0.475 e. The molecule has 0 aliphatic carbocycles. The molecule has 66 valence electrons. The average molecular weight is 186 g/mol. The van der Waals surface area contributed by atoms with Gasteiger partial charge in [0, 0.05) is 5.69 Å². The van der Waals surface area contributed by atoms with Crippen molar-refractivity contribution in [3.05, 3.63) is 24.3 Å². The second kappa shape index (κ2) is 4.21. The van der Waals surface area contributed by atoms with Crippen molar-refractivity contribution < 1.29 is 4.74 Å². The Kier molecular flexibility index (Phi) is 3.23. The maximum atomic E-state index is 5.79. The smallest absolute Gasteiger partial charge is 0.171 e. The van der Waals surface area contributed by atoms with E-state index in [0.717, 1.165) is 17.9 Å². The van der Waals surface area contributed by atoms with E-state index in [-0.39, 0.29) is 5.56 Å². The first kappa shape index (κ1) is 9.20. The van der Waals surface area contributed by atoms with Crippen LogP contribution in [0.4, 0.5) is 5.69 Å². The van der Waals surface area contributed by atoms with Crippen molar-refractivity contribution in [2.75, 3.05) is 5.73 Å². The van der Waals surface area contributed by atoms with Gasteiger partial charge in [0.05, 0.1) is 0 Å². The summed E-state index contributed by atoms with van der Waals surface area (Å²) >= 11 is 5.79. The standard InChI is InChI=1S/C9H12ClNO/c1-2-9(10)12-8-5-3-7(11)4-6-8/h3-6,9H,2,11H2,1H3. The fourth-order valence-electron chi connectivity index (χ4n) is 0.777. The molecule has 0 saturated heterocycles. The third-order valence-corrected chi connectivity index (χ3v) is 1.86. The van der Waals surface area contributed by atoms with Crippen LogP contribution < -0.4 is 10.5 Å². The highest BCUT2D eigenvalue weighted by Gasteiger charge is 2.01. The number of anilines is 1. The Morgan fingerprint density at radius 1 is 1.42 bits per heavy atom. The summed E-state index contributed by atoms with van der Waals surface area (Å²) < 4.78 is 5.33. The Labute approximate surface area is 77.3 Å². The van der Waals surface area contributed by atoms with Gasteiger partial charge in [0.25, 0.3) is 0 Å². The Balaban J connectivity index is 2.58. The molecule has 0 fully saturated rings. The van der Waals surface area contributed by atoms with E-state index in [1.54, 1.807) is 24.3 Å². The maximum Gasteiger partial charge on any atom is 0.171 e. The minimum absolute atomic E-state index is 0.256. The molecule has 0 aromatic heterocycles. The van der Waals surface area contributed by atoms with Crippen molar-refractivity contribution in [3.63, 3.8) is 0 Å². The van der Waals surface area contributed by atoms with Crippen LogP contribution >= 0.6 is 11.6 Å². The number of rotatable bonds is 3. The van der Waals surface area contributed by atoms with Crippen molar-refractivity contribution >= 4 is 17.3 Å². The van der Waals surface area contributed by atoms with Crippen LogP contribution in [0.1, 0.15) is 13.3 Å². The summed E-state index contributed by atoms with van der Waals surface area (Å²) in [5.74, 6) is 0.756. The third kappa shape index (κ3) is 2.62. The van der Waals surface area contributed by atoms with Gasteiger partial charge in [0.1, 0.15) is 5.75 Å². The molecule has 12 heavy (non-hydrogen) atoms. The summed E-state index contributed by atoms with van der Waals surface area (Å²) in [6, 6.07) is 7.18. The lowest BCUT2D eigenvalue weighted by molar-refractivity contribution is 0.277. The number of nitrogen functional groups attached to an aromatic ring is 1. The van der Waals surface area contributed by atoms with Crippen molar-refractivity contribution in [1.29, 1.82) is 0 Å². The highest BCUT2D eigenvalue weighted by molar-refractivity contribution is 6.19. The van der Waals surface area contributed by atoms with Crippen LogP contribution in [0.3, 0.4) is 0 Å². The summed E-state index contributed by atoms with van der Waals surface area (Å²) in [5.41, 5.74) is 5.97. The summed E-state index contributed by atoms with van der Waals surface area (Å²) in [4.78, 5) is 0. The van der Waals surface area contributed by atoms with Crippen molar-refractivity contribution in [1.82, 2.24) is 0 Å². The highest BCUT2D eigenvalue weighted by atomic mass is 35.5. The molecule has 1 aromatic carbocycles. The Morgan fingerprint density at radius 2 is 2.00 bits per heavy atom. The van der Waals surface area contributed by atoms with Crippen LogP contribution in [-0.4, -0.2) is 5.56 Å². The number of nitrogens with two attached hydrogens (primary N) is 1. The molecule has 0 amide bonds. The van der Waals surface area contributed by atoms with Crippen LogP contribution in [0.15, 0.2) is 24.3 Å². The first-order valence-corrected chi connectivity index (χ1v) is 4.32. The molecular weight excluding hydrogens is 174 g/mol. The van der Waals surface area contributed by atoms with Gasteiger partial charge in [-0.2, -0.15) is 0 Å². The summed E-state index contributed by atoms with van der Waals surface area (Å²) in [7, 11) is 0. The second-order valence-corrected chi connectivity index (χ2v) is 2.99. The van der Waals surface area contributed by atoms with Gasteiger partial charge < -0.3 is 10.5 Å². The van der Waals surface area contributed by atoms with E-state index in [1.807, 2.05) is 6.92 Å². The largest absolute Gasteiger partial charge is 0.475 e. The highest BCUT2D eigenvalue weighted by Crippen LogP contribution is 2.16. The van der Waals surface area contributed by atoms with Gasteiger partial charge in [-0.1, -0.05) is 18.5 Å². The minimum atomic E-state index is -0.256. The molecule has 0 aliphatic heterocycles. The van der Waals surface area contributed by atoms with Crippen LogP contribution in [0.2, 0.25) is 0 Å². The molecule has 2 N–H and O–H groups in total. The van der Waals surface area contributed by atoms with Crippen molar-refractivity contribution in [3.8, 4) is 5.75 Å². The quantitative estimate of drug-likeness (QED) is 0.581. The zero-order chi connectivity index (χ0) is 8.97. The number of hydrogen-bond acceptors (Lipinski definition) is 2. The van der Waals surface area contributed by atoms with E-state index in [1.165, 1.54) is 0 Å². The van der Waals surface area contributed by atoms with Crippen molar-refractivity contribution in [2.24, 2.45) is 0 Å². The number of benzene rings is 1. The van der Waals surface area contributed by atoms with Crippen LogP contribution in [0, 0.1) is 0 Å². The molecule has 3 heteroatoms. The molecule has 1 atom stereocenters. The predicted molar refractivity (Wildman–Crippen MR) is 51.4 cm³/mol. The van der Waals surface area contributed by atoms with E-state index in [0.29, 0.717) is 0 Å². The predicted octanol–water partition coefficient (Wildman–Crippen LogP) is 2.62. The molecule has 1 unspecified atom stereocenters. The third-order valence-electron chi connectivity index (χ3n) is 1.47. The average Bonchev–Trinajstić information content (AvgIpc) is 2.09. The Bertz CT molecular complexity index is 235. The SMILES string of the molecule is CCC(Cl)Oc1ccc(N)cc1. The Hall–Kier alpha value is -0.890. The van der Waals surface area contributed by atoms with Crippen LogP contribution in [0.25, 0.3) is 0 Å². The van der Waals surface area contributed by atoms with Gasteiger partial charge in [0.15, 0.2) is 5.56 Å². The number of ether oxygens (including phenoxy) is 1. The summed E-state index contributed by atoms with van der Waals surface area (Å²) in [5, 5.41) is 0. The first-order valence-electron chi connectivity index (χ1n) is 3.88. The molecule has 1 rings (SSSR count). The lowest BCUT2D eigenvalue weighted by atomic mass is 10.3. The second-order valence-electron chi connectivity index (χ2n) is 2.51. The topological polar surface area (TPSA) is 35.2 Å². The van der Waals surface area contributed by atoms with Crippen molar-refractivity contribution in [2.45, 2.75) is 18.9 Å².